The molecule has 2 aromatic heterocycles. The maximum atomic E-state index is 13.1. The summed E-state index contributed by atoms with van der Waals surface area (Å²) >= 11 is 0. The van der Waals surface area contributed by atoms with Crippen LogP contribution in [0.1, 0.15) is 29.8 Å². The topological polar surface area (TPSA) is 91.4 Å². The molecular formula is C19H20FN3O3. The first kappa shape index (κ1) is 17.1. The second-order valence-electron chi connectivity index (χ2n) is 6.86. The maximum Gasteiger partial charge on any atom is 0.143 e. The standard InChI is InChI=1S/C19H20FN3O3/c1-10-13-6-7-23(19(13)22-9-21-10)15-8-14(17(25)18(15)26)16(24)11-2-4-12(20)5-3-11/h2-7,9,14-18,24-26H,8H2,1H3/t14?,15?,16-,17+,18?/m0/s1. The number of aromatic nitrogens is 3. The molecule has 4 rings (SSSR count). The molecule has 1 aliphatic rings. The zero-order valence-electron chi connectivity index (χ0n) is 14.2. The first-order chi connectivity index (χ1) is 12.5. The van der Waals surface area contributed by atoms with Crippen LogP contribution in [0.5, 0.6) is 0 Å². The molecule has 0 spiro atoms. The minimum Gasteiger partial charge on any atom is -0.390 e. The van der Waals surface area contributed by atoms with Crippen LogP contribution in [-0.4, -0.2) is 42.1 Å². The largest absolute Gasteiger partial charge is 0.390 e. The molecule has 0 bridgehead atoms. The van der Waals surface area contributed by atoms with Gasteiger partial charge in [0.25, 0.3) is 0 Å². The van der Waals surface area contributed by atoms with Crippen LogP contribution < -0.4 is 0 Å². The SMILES string of the molecule is Cc1ncnc2c1ccn2C1CC([C@@H](O)c2ccc(F)cc2)[C@@H](O)C1O. The van der Waals surface area contributed by atoms with Crippen LogP contribution in [0, 0.1) is 18.7 Å². The van der Waals surface area contributed by atoms with Gasteiger partial charge in [0, 0.05) is 17.5 Å². The van der Waals surface area contributed by atoms with Gasteiger partial charge in [0.2, 0.25) is 0 Å². The number of aliphatic hydroxyl groups is 3. The van der Waals surface area contributed by atoms with E-state index in [9.17, 15) is 19.7 Å². The van der Waals surface area contributed by atoms with E-state index in [4.69, 9.17) is 0 Å². The molecule has 0 saturated heterocycles. The zero-order chi connectivity index (χ0) is 18.4. The van der Waals surface area contributed by atoms with E-state index in [0.29, 0.717) is 17.6 Å². The van der Waals surface area contributed by atoms with Crippen molar-refractivity contribution < 1.29 is 19.7 Å². The molecule has 7 heteroatoms. The number of halogens is 1. The molecule has 136 valence electrons. The van der Waals surface area contributed by atoms with Gasteiger partial charge in [-0.3, -0.25) is 0 Å². The van der Waals surface area contributed by atoms with Gasteiger partial charge in [-0.25, -0.2) is 14.4 Å². The summed E-state index contributed by atoms with van der Waals surface area (Å²) in [6.45, 7) is 1.88. The van der Waals surface area contributed by atoms with E-state index in [-0.39, 0.29) is 5.82 Å². The second kappa shape index (κ2) is 6.42. The van der Waals surface area contributed by atoms with E-state index < -0.39 is 30.3 Å². The third-order valence-electron chi connectivity index (χ3n) is 5.38. The number of benzene rings is 1. The zero-order valence-corrected chi connectivity index (χ0v) is 14.2. The van der Waals surface area contributed by atoms with E-state index >= 15 is 0 Å². The smallest absolute Gasteiger partial charge is 0.143 e. The molecule has 0 radical (unpaired) electrons. The molecular weight excluding hydrogens is 337 g/mol. The number of rotatable bonds is 3. The van der Waals surface area contributed by atoms with Crippen LogP contribution in [0.4, 0.5) is 4.39 Å². The van der Waals surface area contributed by atoms with Crippen LogP contribution in [0.2, 0.25) is 0 Å². The Balaban J connectivity index is 1.65. The van der Waals surface area contributed by atoms with Gasteiger partial charge < -0.3 is 19.9 Å². The normalized spacial score (nSPS) is 27.1. The van der Waals surface area contributed by atoms with Crippen molar-refractivity contribution in [1.82, 2.24) is 14.5 Å². The van der Waals surface area contributed by atoms with Crippen LogP contribution >= 0.6 is 0 Å². The molecule has 1 fully saturated rings. The van der Waals surface area contributed by atoms with Crippen LogP contribution in [0.3, 0.4) is 0 Å². The fraction of sp³-hybridized carbons (Fsp3) is 0.368. The first-order valence-electron chi connectivity index (χ1n) is 8.55. The van der Waals surface area contributed by atoms with E-state index in [2.05, 4.69) is 9.97 Å². The number of hydrogen-bond acceptors (Lipinski definition) is 5. The van der Waals surface area contributed by atoms with Crippen molar-refractivity contribution >= 4 is 11.0 Å². The molecule has 5 atom stereocenters. The average molecular weight is 357 g/mol. The lowest BCUT2D eigenvalue weighted by molar-refractivity contribution is -0.0264. The molecule has 3 unspecified atom stereocenters. The minimum atomic E-state index is -1.10. The summed E-state index contributed by atoms with van der Waals surface area (Å²) in [5.41, 5.74) is 2.04. The number of nitrogens with zero attached hydrogens (tertiary/aromatic N) is 3. The fourth-order valence-electron chi connectivity index (χ4n) is 3.90. The van der Waals surface area contributed by atoms with Gasteiger partial charge in [-0.15, -0.1) is 0 Å². The lowest BCUT2D eigenvalue weighted by atomic mass is 9.92. The molecule has 1 aliphatic carbocycles. The Kier molecular flexibility index (Phi) is 4.22. The monoisotopic (exact) mass is 357 g/mol. The van der Waals surface area contributed by atoms with Crippen LogP contribution in [-0.2, 0) is 0 Å². The first-order valence-corrected chi connectivity index (χ1v) is 8.55. The summed E-state index contributed by atoms with van der Waals surface area (Å²) in [7, 11) is 0. The molecule has 26 heavy (non-hydrogen) atoms. The second-order valence-corrected chi connectivity index (χ2v) is 6.86. The summed E-state index contributed by atoms with van der Waals surface area (Å²) in [5.74, 6) is -0.958. The van der Waals surface area contributed by atoms with E-state index in [0.717, 1.165) is 11.1 Å². The number of aliphatic hydroxyl groups excluding tert-OH is 3. The highest BCUT2D eigenvalue weighted by Gasteiger charge is 2.46. The Hall–Kier alpha value is -2.35. The highest BCUT2D eigenvalue weighted by atomic mass is 19.1. The molecule has 0 aliphatic heterocycles. The van der Waals surface area contributed by atoms with Gasteiger partial charge in [0.1, 0.15) is 23.9 Å². The third kappa shape index (κ3) is 2.68. The molecule has 6 nitrogen and oxygen atoms in total. The van der Waals surface area contributed by atoms with Crippen molar-refractivity contribution in [2.75, 3.05) is 0 Å². The Bertz CT molecular complexity index is 927. The van der Waals surface area contributed by atoms with Crippen LogP contribution in [0.25, 0.3) is 11.0 Å². The fourth-order valence-corrected chi connectivity index (χ4v) is 3.90. The number of hydrogen-bond donors (Lipinski definition) is 3. The predicted molar refractivity (Wildman–Crippen MR) is 92.8 cm³/mol. The van der Waals surface area contributed by atoms with Crippen molar-refractivity contribution in [1.29, 1.82) is 0 Å². The Morgan fingerprint density at radius 1 is 1.12 bits per heavy atom. The summed E-state index contributed by atoms with van der Waals surface area (Å²) < 4.78 is 14.9. The quantitative estimate of drug-likeness (QED) is 0.666. The highest BCUT2D eigenvalue weighted by Crippen LogP contribution is 2.43. The van der Waals surface area contributed by atoms with Gasteiger partial charge in [0.05, 0.1) is 23.9 Å². The summed E-state index contributed by atoms with van der Waals surface area (Å²) in [6.07, 6.45) is 0.522. The van der Waals surface area contributed by atoms with E-state index in [1.807, 2.05) is 23.8 Å². The van der Waals surface area contributed by atoms with Crippen molar-refractivity contribution in [3.05, 3.63) is 59.9 Å². The molecule has 3 aromatic rings. The van der Waals surface area contributed by atoms with Crippen LogP contribution in [0.15, 0.2) is 42.9 Å². The highest BCUT2D eigenvalue weighted by molar-refractivity contribution is 5.78. The van der Waals surface area contributed by atoms with Crippen molar-refractivity contribution in [2.24, 2.45) is 5.92 Å². The summed E-state index contributed by atoms with van der Waals surface area (Å²) in [6, 6.07) is 6.99. The molecule has 1 saturated carbocycles. The van der Waals surface area contributed by atoms with E-state index in [1.54, 1.807) is 0 Å². The number of aryl methyl sites for hydroxylation is 1. The van der Waals surface area contributed by atoms with Gasteiger partial charge in [-0.1, -0.05) is 12.1 Å². The summed E-state index contributed by atoms with van der Waals surface area (Å²) in [4.78, 5) is 8.46. The Morgan fingerprint density at radius 2 is 1.85 bits per heavy atom. The Morgan fingerprint density at radius 3 is 2.58 bits per heavy atom. The molecule has 1 aromatic carbocycles. The summed E-state index contributed by atoms with van der Waals surface area (Å²) in [5, 5.41) is 32.6. The van der Waals surface area contributed by atoms with Gasteiger partial charge in [0.15, 0.2) is 0 Å². The minimum absolute atomic E-state index is 0.369. The van der Waals surface area contributed by atoms with Crippen molar-refractivity contribution in [3.63, 3.8) is 0 Å². The predicted octanol–water partition coefficient (Wildman–Crippen LogP) is 1.90. The number of fused-ring (bicyclic) bond motifs is 1. The van der Waals surface area contributed by atoms with Crippen molar-refractivity contribution in [2.45, 2.75) is 37.7 Å². The maximum absolute atomic E-state index is 13.1. The lowest BCUT2D eigenvalue weighted by Crippen LogP contribution is -2.31. The molecule has 2 heterocycles. The van der Waals surface area contributed by atoms with Gasteiger partial charge >= 0.3 is 0 Å². The van der Waals surface area contributed by atoms with Gasteiger partial charge in [-0.05, 0) is 37.1 Å². The molecule has 3 N–H and O–H groups in total. The third-order valence-corrected chi connectivity index (χ3v) is 5.38. The average Bonchev–Trinajstić information content (AvgIpc) is 3.18. The Labute approximate surface area is 149 Å². The van der Waals surface area contributed by atoms with Crippen molar-refractivity contribution in [3.8, 4) is 0 Å². The van der Waals surface area contributed by atoms with E-state index in [1.165, 1.54) is 30.6 Å². The van der Waals surface area contributed by atoms with Gasteiger partial charge in [-0.2, -0.15) is 0 Å². The lowest BCUT2D eigenvalue weighted by Gasteiger charge is -2.22. The molecule has 0 amide bonds.